The molecule has 0 aliphatic carbocycles. The molecular weight excluding hydrogens is 306 g/mol. The lowest BCUT2D eigenvalue weighted by molar-refractivity contribution is 0.779. The van der Waals surface area contributed by atoms with Crippen LogP contribution in [0.5, 0.6) is 0 Å². The first kappa shape index (κ1) is 14.0. The molecule has 2 heterocycles. The van der Waals surface area contributed by atoms with Crippen LogP contribution in [0.4, 0.5) is 5.69 Å². The molecule has 2 aromatic heterocycles. The predicted octanol–water partition coefficient (Wildman–Crippen LogP) is 3.86. The van der Waals surface area contributed by atoms with Crippen molar-refractivity contribution >= 4 is 28.6 Å². The second kappa shape index (κ2) is 5.83. The molecule has 0 aliphatic rings. The number of hydrogen-bond donors (Lipinski definition) is 1. The van der Waals surface area contributed by atoms with Gasteiger partial charge in [-0.2, -0.15) is 4.68 Å². The van der Waals surface area contributed by atoms with Crippen LogP contribution in [0.3, 0.4) is 0 Å². The molecule has 5 nitrogen and oxygen atoms in total. The summed E-state index contributed by atoms with van der Waals surface area (Å²) in [6.07, 6.45) is 0. The Morgan fingerprint density at radius 3 is 2.86 bits per heavy atom. The van der Waals surface area contributed by atoms with Crippen molar-refractivity contribution in [1.29, 1.82) is 0 Å². The molecule has 3 aromatic rings. The van der Waals surface area contributed by atoms with Gasteiger partial charge in [-0.25, -0.2) is 0 Å². The minimum Gasteiger partial charge on any atom is -0.378 e. The molecule has 21 heavy (non-hydrogen) atoms. The molecule has 0 radical (unpaired) electrons. The van der Waals surface area contributed by atoms with Crippen molar-refractivity contribution in [3.8, 4) is 5.69 Å². The summed E-state index contributed by atoms with van der Waals surface area (Å²) in [6.45, 7) is 3.98. The maximum atomic E-state index is 5.98. The van der Waals surface area contributed by atoms with Gasteiger partial charge in [0, 0.05) is 11.7 Å². The Hall–Kier alpha value is -1.92. The van der Waals surface area contributed by atoms with E-state index in [9.17, 15) is 0 Å². The molecular formula is C14H14ClN5S. The summed E-state index contributed by atoms with van der Waals surface area (Å²) < 4.78 is 2.51. The topological polar surface area (TPSA) is 55.6 Å². The first-order valence-electron chi connectivity index (χ1n) is 6.49. The summed E-state index contributed by atoms with van der Waals surface area (Å²) in [5.41, 5.74) is 3.12. The summed E-state index contributed by atoms with van der Waals surface area (Å²) in [4.78, 5) is 0. The van der Waals surface area contributed by atoms with Gasteiger partial charge in [-0.1, -0.05) is 17.7 Å². The average molecular weight is 320 g/mol. The van der Waals surface area contributed by atoms with Gasteiger partial charge in [0.1, 0.15) is 0 Å². The molecule has 0 saturated heterocycles. The van der Waals surface area contributed by atoms with E-state index < -0.39 is 0 Å². The Kier molecular flexibility index (Phi) is 3.90. The van der Waals surface area contributed by atoms with Gasteiger partial charge in [-0.3, -0.25) is 0 Å². The van der Waals surface area contributed by atoms with Crippen LogP contribution in [0, 0.1) is 6.92 Å². The van der Waals surface area contributed by atoms with Crippen LogP contribution in [0.1, 0.15) is 24.4 Å². The third kappa shape index (κ3) is 3.06. The second-order valence-electron chi connectivity index (χ2n) is 4.74. The molecule has 0 amide bonds. The number of nitrogens with one attached hydrogen (secondary N) is 1. The summed E-state index contributed by atoms with van der Waals surface area (Å²) in [5, 5.41) is 17.1. The normalized spacial score (nSPS) is 12.3. The second-order valence-corrected chi connectivity index (χ2v) is 6.28. The Balaban J connectivity index is 1.82. The fourth-order valence-electron chi connectivity index (χ4n) is 2.08. The Morgan fingerprint density at radius 1 is 1.33 bits per heavy atom. The highest BCUT2D eigenvalue weighted by atomic mass is 35.5. The van der Waals surface area contributed by atoms with E-state index in [1.807, 2.05) is 37.3 Å². The van der Waals surface area contributed by atoms with Gasteiger partial charge >= 0.3 is 0 Å². The van der Waals surface area contributed by atoms with Crippen LogP contribution in [-0.4, -0.2) is 20.2 Å². The molecule has 1 atom stereocenters. The highest BCUT2D eigenvalue weighted by Gasteiger charge is 2.09. The zero-order chi connectivity index (χ0) is 14.8. The molecule has 1 N–H and O–H groups in total. The number of aryl methyl sites for hydroxylation is 1. The van der Waals surface area contributed by atoms with Gasteiger partial charge in [0.15, 0.2) is 5.82 Å². The van der Waals surface area contributed by atoms with Gasteiger partial charge in [0.2, 0.25) is 0 Å². The lowest BCUT2D eigenvalue weighted by Gasteiger charge is -2.15. The van der Waals surface area contributed by atoms with Crippen molar-refractivity contribution < 1.29 is 0 Å². The van der Waals surface area contributed by atoms with Crippen LogP contribution < -0.4 is 5.32 Å². The molecule has 7 heteroatoms. The number of nitrogens with zero attached hydrogens (tertiary/aromatic N) is 4. The zero-order valence-electron chi connectivity index (χ0n) is 11.6. The van der Waals surface area contributed by atoms with E-state index in [1.165, 1.54) is 5.56 Å². The largest absolute Gasteiger partial charge is 0.378 e. The molecule has 0 bridgehead atoms. The number of tetrazole rings is 1. The number of thiophene rings is 1. The van der Waals surface area contributed by atoms with Gasteiger partial charge in [-0.15, -0.1) is 16.4 Å². The van der Waals surface area contributed by atoms with E-state index in [1.54, 1.807) is 16.0 Å². The van der Waals surface area contributed by atoms with Crippen LogP contribution in [0.25, 0.3) is 5.69 Å². The molecule has 1 unspecified atom stereocenters. The van der Waals surface area contributed by atoms with Crippen LogP contribution in [0.15, 0.2) is 35.7 Å². The fraction of sp³-hybridized carbons (Fsp3) is 0.214. The van der Waals surface area contributed by atoms with Crippen LogP contribution >= 0.6 is 22.9 Å². The van der Waals surface area contributed by atoms with Crippen molar-refractivity contribution in [2.75, 3.05) is 5.32 Å². The summed E-state index contributed by atoms with van der Waals surface area (Å²) in [5.74, 6) is 0.754. The SMILES string of the molecule is Cc1nnnn1-c1cccc(NC(C)c2csc(Cl)c2)c1. The smallest absolute Gasteiger partial charge is 0.153 e. The van der Waals surface area contributed by atoms with E-state index in [0.29, 0.717) is 0 Å². The summed E-state index contributed by atoms with van der Waals surface area (Å²) >= 11 is 7.52. The van der Waals surface area contributed by atoms with Crippen LogP contribution in [-0.2, 0) is 0 Å². The first-order chi connectivity index (χ1) is 10.1. The van der Waals surface area contributed by atoms with Gasteiger partial charge < -0.3 is 5.32 Å². The molecule has 108 valence electrons. The number of halogens is 1. The minimum absolute atomic E-state index is 0.180. The average Bonchev–Trinajstić information content (AvgIpc) is 3.08. The first-order valence-corrected chi connectivity index (χ1v) is 7.75. The predicted molar refractivity (Wildman–Crippen MR) is 85.3 cm³/mol. The van der Waals surface area contributed by atoms with Crippen LogP contribution in [0.2, 0.25) is 4.34 Å². The van der Waals surface area contributed by atoms with Gasteiger partial charge in [-0.05, 0) is 59.5 Å². The van der Waals surface area contributed by atoms with Crippen molar-refractivity contribution in [2.45, 2.75) is 19.9 Å². The van der Waals surface area contributed by atoms with E-state index in [4.69, 9.17) is 11.6 Å². The standard InChI is InChI=1S/C14H14ClN5S/c1-9(11-6-14(15)21-8-11)16-12-4-3-5-13(7-12)20-10(2)17-18-19-20/h3-9,16H,1-2H3. The summed E-state index contributed by atoms with van der Waals surface area (Å²) in [6, 6.07) is 10.2. The molecule has 0 spiro atoms. The van der Waals surface area contributed by atoms with Crippen molar-refractivity contribution in [2.24, 2.45) is 0 Å². The maximum absolute atomic E-state index is 5.98. The number of aromatic nitrogens is 4. The lowest BCUT2D eigenvalue weighted by Crippen LogP contribution is -2.06. The minimum atomic E-state index is 0.180. The van der Waals surface area contributed by atoms with Gasteiger partial charge in [0.25, 0.3) is 0 Å². The van der Waals surface area contributed by atoms with Crippen molar-refractivity contribution in [3.05, 3.63) is 51.4 Å². The Bertz CT molecular complexity index is 751. The van der Waals surface area contributed by atoms with E-state index in [-0.39, 0.29) is 6.04 Å². The number of anilines is 1. The zero-order valence-corrected chi connectivity index (χ0v) is 13.2. The fourth-order valence-corrected chi connectivity index (χ4v) is 3.07. The number of hydrogen-bond acceptors (Lipinski definition) is 5. The third-order valence-electron chi connectivity index (χ3n) is 3.19. The monoisotopic (exact) mass is 319 g/mol. The highest BCUT2D eigenvalue weighted by molar-refractivity contribution is 7.14. The molecule has 1 aromatic carbocycles. The molecule has 3 rings (SSSR count). The van der Waals surface area contributed by atoms with E-state index in [0.717, 1.165) is 21.5 Å². The maximum Gasteiger partial charge on any atom is 0.153 e. The molecule has 0 saturated carbocycles. The quantitative estimate of drug-likeness (QED) is 0.793. The number of benzene rings is 1. The van der Waals surface area contributed by atoms with Crippen molar-refractivity contribution in [3.63, 3.8) is 0 Å². The Morgan fingerprint density at radius 2 is 2.19 bits per heavy atom. The third-order valence-corrected chi connectivity index (χ3v) is 4.30. The van der Waals surface area contributed by atoms with Gasteiger partial charge in [0.05, 0.1) is 10.0 Å². The molecule has 0 fully saturated rings. The van der Waals surface area contributed by atoms with Crippen molar-refractivity contribution in [1.82, 2.24) is 20.2 Å². The van der Waals surface area contributed by atoms with E-state index >= 15 is 0 Å². The lowest BCUT2D eigenvalue weighted by atomic mass is 10.1. The Labute approximate surface area is 131 Å². The highest BCUT2D eigenvalue weighted by Crippen LogP contribution is 2.27. The summed E-state index contributed by atoms with van der Waals surface area (Å²) in [7, 11) is 0. The molecule has 0 aliphatic heterocycles. The number of rotatable bonds is 4. The van der Waals surface area contributed by atoms with E-state index in [2.05, 4.69) is 33.1 Å².